The van der Waals surface area contributed by atoms with Gasteiger partial charge in [0, 0.05) is 12.4 Å². The second-order valence-corrected chi connectivity index (χ2v) is 2.30. The fourth-order valence-corrected chi connectivity index (χ4v) is 0.684. The van der Waals surface area contributed by atoms with Gasteiger partial charge < -0.3 is 0 Å². The van der Waals surface area contributed by atoms with E-state index in [9.17, 15) is 9.59 Å². The molecule has 0 unspecified atom stereocenters. The molecule has 0 saturated heterocycles. The highest BCUT2D eigenvalue weighted by atomic mass is 16.2. The molecule has 0 saturated carbocycles. The first-order valence-corrected chi connectivity index (χ1v) is 3.91. The highest BCUT2D eigenvalue weighted by molar-refractivity contribution is 6.53. The van der Waals surface area contributed by atoms with Crippen LogP contribution in [0.2, 0.25) is 0 Å². The van der Waals surface area contributed by atoms with Crippen LogP contribution in [0, 0.1) is 0 Å². The molecule has 1 heterocycles. The molecule has 0 atom stereocenters. The number of hydrogen-bond acceptors (Lipinski definition) is 4. The molecule has 1 aliphatic heterocycles. The minimum absolute atomic E-state index is 0.181. The Balaban J connectivity index is 2.69. The third kappa shape index (κ3) is 4.15. The lowest BCUT2D eigenvalue weighted by Gasteiger charge is -1.87. The maximum Gasteiger partial charge on any atom is 0.366 e. The minimum atomic E-state index is -0.595. The van der Waals surface area contributed by atoms with Crippen LogP contribution in [0.1, 0.15) is 0 Å². The molecule has 14 heavy (non-hydrogen) atoms. The Morgan fingerprint density at radius 1 is 0.929 bits per heavy atom. The van der Waals surface area contributed by atoms with E-state index >= 15 is 0 Å². The zero-order chi connectivity index (χ0) is 10.2. The number of carbonyl (C=O) groups excluding carboxylic acids is 2. The molecule has 6 heteroatoms. The predicted molar refractivity (Wildman–Crippen MR) is 54.1 cm³/mol. The maximum atomic E-state index is 10.9. The van der Waals surface area contributed by atoms with Crippen LogP contribution in [0.4, 0.5) is 4.79 Å². The Morgan fingerprint density at radius 3 is 1.93 bits per heavy atom. The summed E-state index contributed by atoms with van der Waals surface area (Å²) in [6.45, 7) is 0.363. The van der Waals surface area contributed by atoms with Gasteiger partial charge in [-0.05, 0) is 0 Å². The van der Waals surface area contributed by atoms with Crippen molar-refractivity contribution in [2.24, 2.45) is 20.0 Å². The van der Waals surface area contributed by atoms with E-state index in [0.717, 1.165) is 12.4 Å². The molecule has 1 rings (SSSR count). The Hall–Kier alpha value is -1.98. The normalized spacial score (nSPS) is 22.6. The third-order valence-electron chi connectivity index (χ3n) is 1.21. The molecular weight excluding hydrogens is 184 g/mol. The Morgan fingerprint density at radius 2 is 1.43 bits per heavy atom. The highest BCUT2D eigenvalue weighted by Crippen LogP contribution is 1.81. The third-order valence-corrected chi connectivity index (χ3v) is 1.21. The van der Waals surface area contributed by atoms with E-state index in [0.29, 0.717) is 0 Å². The van der Waals surface area contributed by atoms with Gasteiger partial charge in [0.2, 0.25) is 5.78 Å². The molecule has 1 aliphatic rings. The molecule has 0 fully saturated rings. The van der Waals surface area contributed by atoms with Crippen molar-refractivity contribution in [3.8, 4) is 0 Å². The van der Waals surface area contributed by atoms with Crippen LogP contribution in [-0.2, 0) is 4.79 Å². The van der Waals surface area contributed by atoms with E-state index in [1.54, 1.807) is 0 Å². The van der Waals surface area contributed by atoms with E-state index in [2.05, 4.69) is 20.0 Å². The number of aliphatic imine (C=N–C) groups is 4. The summed E-state index contributed by atoms with van der Waals surface area (Å²) in [6, 6.07) is -0.595. The van der Waals surface area contributed by atoms with Crippen molar-refractivity contribution in [1.29, 1.82) is 0 Å². The van der Waals surface area contributed by atoms with Crippen molar-refractivity contribution in [2.45, 2.75) is 0 Å². The summed E-state index contributed by atoms with van der Waals surface area (Å²) < 4.78 is 0. The number of Topliss-reactive ketones (excluding diaryl/α,β-unsaturated/α-hetero) is 1. The molecule has 0 N–H and O–H groups in total. The van der Waals surface area contributed by atoms with E-state index in [1.807, 2.05) is 0 Å². The first-order chi connectivity index (χ1) is 6.79. The SMILES string of the molecule is O=C1C=NC/C=N\C(=O)/N=C\CN=C1. The molecule has 6 nitrogen and oxygen atoms in total. The van der Waals surface area contributed by atoms with Gasteiger partial charge in [0.15, 0.2) is 0 Å². The summed E-state index contributed by atoms with van der Waals surface area (Å²) in [7, 11) is 0. The van der Waals surface area contributed by atoms with Crippen LogP contribution >= 0.6 is 0 Å². The summed E-state index contributed by atoms with van der Waals surface area (Å²) >= 11 is 0. The number of urea groups is 1. The van der Waals surface area contributed by atoms with Crippen LogP contribution in [-0.4, -0.2) is 49.8 Å². The quantitative estimate of drug-likeness (QED) is 0.540. The number of carbonyl (C=O) groups is 2. The van der Waals surface area contributed by atoms with Crippen LogP contribution in [0.15, 0.2) is 20.0 Å². The van der Waals surface area contributed by atoms with Crippen molar-refractivity contribution in [3.05, 3.63) is 0 Å². The number of nitrogens with zero attached hydrogens (tertiary/aromatic N) is 4. The zero-order valence-electron chi connectivity index (χ0n) is 7.33. The predicted octanol–water partition coefficient (Wildman–Crippen LogP) is -0.0277. The van der Waals surface area contributed by atoms with Crippen LogP contribution in [0.5, 0.6) is 0 Å². The first-order valence-electron chi connectivity index (χ1n) is 3.91. The van der Waals surface area contributed by atoms with Gasteiger partial charge >= 0.3 is 6.03 Å². The summed E-state index contributed by atoms with van der Waals surface area (Å²) in [5.74, 6) is -0.293. The van der Waals surface area contributed by atoms with Crippen molar-refractivity contribution in [1.82, 2.24) is 0 Å². The number of amides is 2. The zero-order valence-corrected chi connectivity index (χ0v) is 7.33. The fraction of sp³-hybridized carbons (Fsp3) is 0.250. The summed E-state index contributed by atoms with van der Waals surface area (Å²) in [5.41, 5.74) is 0. The molecule has 0 bridgehead atoms. The van der Waals surface area contributed by atoms with Crippen molar-refractivity contribution >= 4 is 36.7 Å². The average molecular weight is 192 g/mol. The van der Waals surface area contributed by atoms with Crippen LogP contribution in [0.3, 0.4) is 0 Å². The largest absolute Gasteiger partial charge is 0.366 e. The van der Waals surface area contributed by atoms with Gasteiger partial charge in [-0.1, -0.05) is 0 Å². The second-order valence-electron chi connectivity index (χ2n) is 2.30. The average Bonchev–Trinajstić information content (AvgIpc) is 2.14. The van der Waals surface area contributed by atoms with Crippen LogP contribution < -0.4 is 0 Å². The van der Waals surface area contributed by atoms with Gasteiger partial charge in [-0.2, -0.15) is 0 Å². The topological polar surface area (TPSA) is 83.6 Å². The smallest absolute Gasteiger partial charge is 0.287 e. The Bertz CT molecular complexity index is 279. The van der Waals surface area contributed by atoms with E-state index in [1.165, 1.54) is 12.4 Å². The lowest BCUT2D eigenvalue weighted by Crippen LogP contribution is -2.03. The molecule has 0 aromatic heterocycles. The fourth-order valence-electron chi connectivity index (χ4n) is 0.684. The van der Waals surface area contributed by atoms with Gasteiger partial charge in [0.1, 0.15) is 0 Å². The molecule has 0 aliphatic carbocycles. The summed E-state index contributed by atoms with van der Waals surface area (Å²) in [5, 5.41) is 0. The van der Waals surface area contributed by atoms with Crippen LogP contribution in [0.25, 0.3) is 0 Å². The van der Waals surface area contributed by atoms with E-state index < -0.39 is 6.03 Å². The van der Waals surface area contributed by atoms with Gasteiger partial charge in [0.05, 0.1) is 25.5 Å². The van der Waals surface area contributed by atoms with Crippen molar-refractivity contribution < 1.29 is 9.59 Å². The van der Waals surface area contributed by atoms with E-state index in [4.69, 9.17) is 0 Å². The van der Waals surface area contributed by atoms with Gasteiger partial charge in [-0.25, -0.2) is 14.8 Å². The summed E-state index contributed by atoms with van der Waals surface area (Å²) in [6.07, 6.45) is 4.86. The lowest BCUT2D eigenvalue weighted by atomic mass is 10.4. The molecule has 0 spiro atoms. The second kappa shape index (κ2) is 5.63. The highest BCUT2D eigenvalue weighted by Gasteiger charge is 1.92. The number of rotatable bonds is 0. The van der Waals surface area contributed by atoms with Gasteiger partial charge in [-0.15, -0.1) is 0 Å². The van der Waals surface area contributed by atoms with Crippen molar-refractivity contribution in [2.75, 3.05) is 13.1 Å². The van der Waals surface area contributed by atoms with E-state index in [-0.39, 0.29) is 18.9 Å². The monoisotopic (exact) mass is 192 g/mol. The number of hydrogen-bond donors (Lipinski definition) is 0. The standard InChI is InChI=1S/C8H8N4O2/c13-7-5-9-1-3-11-8(14)12-4-2-10-6-7/h3-6H,1-2H2/b9-5?,10-6?,11-3-,12-4-. The van der Waals surface area contributed by atoms with Gasteiger partial charge in [0.25, 0.3) is 0 Å². The Labute approximate surface area is 80.2 Å². The molecule has 0 aromatic carbocycles. The lowest BCUT2D eigenvalue weighted by molar-refractivity contribution is -0.106. The summed E-state index contributed by atoms with van der Waals surface area (Å²) in [4.78, 5) is 36.0. The Kier molecular flexibility index (Phi) is 4.06. The number of ketones is 1. The van der Waals surface area contributed by atoms with Gasteiger partial charge in [-0.3, -0.25) is 14.8 Å². The molecule has 2 amide bonds. The van der Waals surface area contributed by atoms with Crippen molar-refractivity contribution in [3.63, 3.8) is 0 Å². The molecule has 72 valence electrons. The molecular formula is C8H8N4O2. The first kappa shape index (κ1) is 10.1. The molecule has 0 aromatic rings. The molecule has 0 radical (unpaired) electrons. The maximum absolute atomic E-state index is 10.9. The minimum Gasteiger partial charge on any atom is -0.287 e.